The zero-order chi connectivity index (χ0) is 19.3. The number of aromatic nitrogens is 2. The highest BCUT2D eigenvalue weighted by molar-refractivity contribution is 6.00. The minimum Gasteiger partial charge on any atom is -0.345 e. The third-order valence-electron chi connectivity index (χ3n) is 4.67. The average molecular weight is 367 g/mol. The summed E-state index contributed by atoms with van der Waals surface area (Å²) in [7, 11) is 0. The van der Waals surface area contributed by atoms with E-state index >= 15 is 0 Å². The van der Waals surface area contributed by atoms with Gasteiger partial charge in [-0.2, -0.15) is 5.10 Å². The Morgan fingerprint density at radius 3 is 2.07 bits per heavy atom. The van der Waals surface area contributed by atoms with Crippen LogP contribution in [0.2, 0.25) is 0 Å². The van der Waals surface area contributed by atoms with E-state index in [1.807, 2.05) is 97.9 Å². The Balaban J connectivity index is 1.70. The molecule has 0 saturated heterocycles. The number of hydrogen-bond donors (Lipinski definition) is 1. The summed E-state index contributed by atoms with van der Waals surface area (Å²) >= 11 is 0. The molecule has 4 rings (SSSR count). The van der Waals surface area contributed by atoms with Crippen LogP contribution in [0.1, 0.15) is 28.9 Å². The second-order valence-corrected chi connectivity index (χ2v) is 6.64. The molecule has 0 aliphatic rings. The van der Waals surface area contributed by atoms with Crippen LogP contribution in [-0.2, 0) is 0 Å². The van der Waals surface area contributed by atoms with Crippen LogP contribution in [0, 0.1) is 0 Å². The highest BCUT2D eigenvalue weighted by Gasteiger charge is 2.20. The number of benzene rings is 3. The Morgan fingerprint density at radius 1 is 0.857 bits per heavy atom. The fraction of sp³-hybridized carbons (Fsp3) is 0.0833. The Morgan fingerprint density at radius 2 is 1.43 bits per heavy atom. The maximum atomic E-state index is 13.1. The van der Waals surface area contributed by atoms with E-state index in [2.05, 4.69) is 5.32 Å². The molecule has 0 bridgehead atoms. The fourth-order valence-electron chi connectivity index (χ4n) is 3.16. The molecule has 4 aromatic rings. The SMILES string of the molecule is CC(NC(=O)c1cn(-c2ccccc2)nc1-c1ccccc1)c1ccccc1. The number of nitrogens with zero attached hydrogens (tertiary/aromatic N) is 2. The lowest BCUT2D eigenvalue weighted by atomic mass is 10.1. The van der Waals surface area contributed by atoms with Crippen molar-refractivity contribution in [3.05, 3.63) is 108 Å². The quantitative estimate of drug-likeness (QED) is 0.538. The van der Waals surface area contributed by atoms with E-state index in [0.717, 1.165) is 16.8 Å². The monoisotopic (exact) mass is 367 g/mol. The summed E-state index contributed by atoms with van der Waals surface area (Å²) in [6.45, 7) is 1.98. The van der Waals surface area contributed by atoms with Crippen molar-refractivity contribution in [3.8, 4) is 16.9 Å². The van der Waals surface area contributed by atoms with Crippen LogP contribution in [0.5, 0.6) is 0 Å². The molecule has 138 valence electrons. The molecular formula is C24H21N3O. The van der Waals surface area contributed by atoms with Crippen molar-refractivity contribution in [2.45, 2.75) is 13.0 Å². The maximum Gasteiger partial charge on any atom is 0.255 e. The first-order chi connectivity index (χ1) is 13.7. The smallest absolute Gasteiger partial charge is 0.255 e. The van der Waals surface area contributed by atoms with Gasteiger partial charge in [-0.1, -0.05) is 78.9 Å². The number of nitrogens with one attached hydrogen (secondary N) is 1. The standard InChI is InChI=1S/C24H21N3O/c1-18(19-11-5-2-6-12-19)25-24(28)22-17-27(21-15-9-4-10-16-21)26-23(22)20-13-7-3-8-14-20/h2-18H,1H3,(H,25,28). The van der Waals surface area contributed by atoms with E-state index in [4.69, 9.17) is 5.10 Å². The predicted octanol–water partition coefficient (Wildman–Crippen LogP) is 5.03. The van der Waals surface area contributed by atoms with Crippen molar-refractivity contribution in [1.82, 2.24) is 15.1 Å². The molecular weight excluding hydrogens is 346 g/mol. The number of rotatable bonds is 5. The van der Waals surface area contributed by atoms with Gasteiger partial charge in [0.15, 0.2) is 0 Å². The summed E-state index contributed by atoms with van der Waals surface area (Å²) < 4.78 is 1.75. The molecule has 4 heteroatoms. The van der Waals surface area contributed by atoms with E-state index in [1.165, 1.54) is 0 Å². The Hall–Kier alpha value is -3.66. The van der Waals surface area contributed by atoms with E-state index < -0.39 is 0 Å². The Kier molecular flexibility index (Phi) is 5.02. The minimum absolute atomic E-state index is 0.0996. The van der Waals surface area contributed by atoms with Crippen LogP contribution in [0.15, 0.2) is 97.2 Å². The van der Waals surface area contributed by atoms with Gasteiger partial charge in [-0.05, 0) is 24.6 Å². The molecule has 28 heavy (non-hydrogen) atoms. The number of hydrogen-bond acceptors (Lipinski definition) is 2. The number of amides is 1. The lowest BCUT2D eigenvalue weighted by Crippen LogP contribution is -2.26. The van der Waals surface area contributed by atoms with Crippen LogP contribution in [0.3, 0.4) is 0 Å². The van der Waals surface area contributed by atoms with E-state index in [9.17, 15) is 4.79 Å². The second kappa shape index (κ2) is 7.92. The molecule has 0 aliphatic heterocycles. The third-order valence-corrected chi connectivity index (χ3v) is 4.67. The fourth-order valence-corrected chi connectivity index (χ4v) is 3.16. The molecule has 1 amide bonds. The Labute approximate surface area is 164 Å². The van der Waals surface area contributed by atoms with Gasteiger partial charge in [0.1, 0.15) is 5.69 Å². The summed E-state index contributed by atoms with van der Waals surface area (Å²) in [4.78, 5) is 13.1. The molecule has 1 N–H and O–H groups in total. The molecule has 0 radical (unpaired) electrons. The van der Waals surface area contributed by atoms with Crippen LogP contribution >= 0.6 is 0 Å². The summed E-state index contributed by atoms with van der Waals surface area (Å²) in [5.41, 5.74) is 4.11. The minimum atomic E-state index is -0.141. The lowest BCUT2D eigenvalue weighted by molar-refractivity contribution is 0.0940. The van der Waals surface area contributed by atoms with Crippen molar-refractivity contribution in [2.24, 2.45) is 0 Å². The maximum absolute atomic E-state index is 13.1. The topological polar surface area (TPSA) is 46.9 Å². The van der Waals surface area contributed by atoms with Crippen molar-refractivity contribution in [3.63, 3.8) is 0 Å². The normalized spacial score (nSPS) is 11.8. The number of para-hydroxylation sites is 1. The van der Waals surface area contributed by atoms with Crippen LogP contribution in [0.25, 0.3) is 16.9 Å². The second-order valence-electron chi connectivity index (χ2n) is 6.64. The van der Waals surface area contributed by atoms with Crippen LogP contribution in [-0.4, -0.2) is 15.7 Å². The van der Waals surface area contributed by atoms with Gasteiger partial charge in [-0.15, -0.1) is 0 Å². The van der Waals surface area contributed by atoms with Gasteiger partial charge in [0.2, 0.25) is 0 Å². The van der Waals surface area contributed by atoms with Gasteiger partial charge >= 0.3 is 0 Å². The average Bonchev–Trinajstić information content (AvgIpc) is 3.21. The summed E-state index contributed by atoms with van der Waals surface area (Å²) in [5, 5.41) is 7.80. The summed E-state index contributed by atoms with van der Waals surface area (Å²) in [5.74, 6) is -0.141. The van der Waals surface area contributed by atoms with Crippen molar-refractivity contribution in [1.29, 1.82) is 0 Å². The van der Waals surface area contributed by atoms with Gasteiger partial charge in [0, 0.05) is 11.8 Å². The number of carbonyl (C=O) groups excluding carboxylic acids is 1. The van der Waals surface area contributed by atoms with Crippen molar-refractivity contribution >= 4 is 5.91 Å². The first-order valence-corrected chi connectivity index (χ1v) is 9.28. The Bertz CT molecular complexity index is 1060. The molecule has 4 nitrogen and oxygen atoms in total. The lowest BCUT2D eigenvalue weighted by Gasteiger charge is -2.14. The van der Waals surface area contributed by atoms with E-state index in [-0.39, 0.29) is 11.9 Å². The van der Waals surface area contributed by atoms with E-state index in [1.54, 1.807) is 10.9 Å². The van der Waals surface area contributed by atoms with Crippen molar-refractivity contribution in [2.75, 3.05) is 0 Å². The highest BCUT2D eigenvalue weighted by Crippen LogP contribution is 2.24. The van der Waals surface area contributed by atoms with Gasteiger partial charge in [-0.25, -0.2) is 4.68 Å². The third kappa shape index (κ3) is 3.71. The molecule has 1 unspecified atom stereocenters. The predicted molar refractivity (Wildman–Crippen MR) is 111 cm³/mol. The first kappa shape index (κ1) is 17.7. The zero-order valence-electron chi connectivity index (χ0n) is 15.6. The van der Waals surface area contributed by atoms with Gasteiger partial charge in [0.05, 0.1) is 17.3 Å². The molecule has 3 aromatic carbocycles. The van der Waals surface area contributed by atoms with Gasteiger partial charge < -0.3 is 5.32 Å². The van der Waals surface area contributed by atoms with Crippen molar-refractivity contribution < 1.29 is 4.79 Å². The van der Waals surface area contributed by atoms with Crippen LogP contribution < -0.4 is 5.32 Å². The molecule has 1 atom stereocenters. The van der Waals surface area contributed by atoms with Gasteiger partial charge in [-0.3, -0.25) is 4.79 Å². The summed E-state index contributed by atoms with van der Waals surface area (Å²) in [6.07, 6.45) is 1.80. The van der Waals surface area contributed by atoms with Crippen LogP contribution in [0.4, 0.5) is 0 Å². The molecule has 0 fully saturated rings. The molecule has 0 saturated carbocycles. The highest BCUT2D eigenvalue weighted by atomic mass is 16.1. The molecule has 0 spiro atoms. The number of carbonyl (C=O) groups is 1. The largest absolute Gasteiger partial charge is 0.345 e. The molecule has 1 heterocycles. The molecule has 0 aliphatic carbocycles. The first-order valence-electron chi connectivity index (χ1n) is 9.28. The summed E-state index contributed by atoms with van der Waals surface area (Å²) in [6, 6.07) is 29.4. The zero-order valence-corrected chi connectivity index (χ0v) is 15.6. The van der Waals surface area contributed by atoms with Gasteiger partial charge in [0.25, 0.3) is 5.91 Å². The molecule has 1 aromatic heterocycles. The van der Waals surface area contributed by atoms with E-state index in [0.29, 0.717) is 11.3 Å².